The summed E-state index contributed by atoms with van der Waals surface area (Å²) in [5, 5.41) is 3.49. The van der Waals surface area contributed by atoms with Gasteiger partial charge in [-0.2, -0.15) is 0 Å². The first kappa shape index (κ1) is 34.5. The molecular weight excluding hydrogens is 622 g/mol. The van der Waals surface area contributed by atoms with Gasteiger partial charge in [-0.25, -0.2) is 8.42 Å². The molecule has 0 aliphatic carbocycles. The largest absolute Gasteiger partial charge is 0.492 e. The molecule has 1 unspecified atom stereocenters. The molecule has 0 bridgehead atoms. The number of benzene rings is 4. The number of carbonyl (C=O) groups excluding carboxylic acids is 2. The minimum absolute atomic E-state index is 0.0276. The SMILES string of the molecule is CCOc1ccccc1N(CC(=O)N(Cc1ccc(Cl)cc1)C(Cc1ccccc1)C(=O)NC(C)C)S(=O)(=O)c1ccc(C)cc1. The van der Waals surface area contributed by atoms with Crippen LogP contribution in [-0.4, -0.2) is 50.4 Å². The van der Waals surface area contributed by atoms with Crippen molar-refractivity contribution in [2.75, 3.05) is 17.5 Å². The van der Waals surface area contributed by atoms with Crippen LogP contribution in [0.25, 0.3) is 0 Å². The van der Waals surface area contributed by atoms with Crippen molar-refractivity contribution in [3.63, 3.8) is 0 Å². The van der Waals surface area contributed by atoms with Crippen molar-refractivity contribution in [1.29, 1.82) is 0 Å². The molecule has 0 spiro atoms. The quantitative estimate of drug-likeness (QED) is 0.169. The number of hydrogen-bond donors (Lipinski definition) is 1. The molecule has 1 atom stereocenters. The first-order valence-corrected chi connectivity index (χ1v) is 17.0. The summed E-state index contributed by atoms with van der Waals surface area (Å²) in [7, 11) is -4.25. The Labute approximate surface area is 277 Å². The smallest absolute Gasteiger partial charge is 0.264 e. The Morgan fingerprint density at radius 1 is 0.848 bits per heavy atom. The predicted octanol–water partition coefficient (Wildman–Crippen LogP) is 6.41. The van der Waals surface area contributed by atoms with Gasteiger partial charge in [0.25, 0.3) is 10.0 Å². The fourth-order valence-electron chi connectivity index (χ4n) is 5.01. The van der Waals surface area contributed by atoms with Crippen LogP contribution in [0, 0.1) is 6.92 Å². The molecule has 46 heavy (non-hydrogen) atoms. The molecule has 0 heterocycles. The Kier molecular flexibility index (Phi) is 11.8. The van der Waals surface area contributed by atoms with Gasteiger partial charge in [-0.15, -0.1) is 0 Å². The Hall–Kier alpha value is -4.34. The average molecular weight is 662 g/mol. The van der Waals surface area contributed by atoms with Crippen LogP contribution in [0.4, 0.5) is 5.69 Å². The number of amides is 2. The number of hydrogen-bond acceptors (Lipinski definition) is 5. The van der Waals surface area contributed by atoms with E-state index in [4.69, 9.17) is 16.3 Å². The minimum Gasteiger partial charge on any atom is -0.492 e. The van der Waals surface area contributed by atoms with Gasteiger partial charge in [0, 0.05) is 24.0 Å². The molecule has 0 aromatic heterocycles. The van der Waals surface area contributed by atoms with Crippen LogP contribution in [0.5, 0.6) is 5.75 Å². The van der Waals surface area contributed by atoms with Crippen LogP contribution in [0.1, 0.15) is 37.5 Å². The number of ether oxygens (including phenoxy) is 1. The summed E-state index contributed by atoms with van der Waals surface area (Å²) in [6, 6.07) is 28.5. The van der Waals surface area contributed by atoms with Crippen LogP contribution in [0.15, 0.2) is 108 Å². The van der Waals surface area contributed by atoms with Gasteiger partial charge >= 0.3 is 0 Å². The van der Waals surface area contributed by atoms with E-state index in [2.05, 4.69) is 5.32 Å². The molecule has 0 aliphatic heterocycles. The lowest BCUT2D eigenvalue weighted by molar-refractivity contribution is -0.140. The fourth-order valence-corrected chi connectivity index (χ4v) is 6.56. The molecule has 0 aliphatic rings. The summed E-state index contributed by atoms with van der Waals surface area (Å²) in [4.78, 5) is 29.9. The molecule has 8 nitrogen and oxygen atoms in total. The van der Waals surface area contributed by atoms with E-state index in [-0.39, 0.29) is 35.5 Å². The van der Waals surface area contributed by atoms with Crippen molar-refractivity contribution in [3.05, 3.63) is 125 Å². The van der Waals surface area contributed by atoms with Crippen molar-refractivity contribution >= 4 is 39.1 Å². The Bertz CT molecular complexity index is 1710. The number of nitrogens with zero attached hydrogens (tertiary/aromatic N) is 2. The van der Waals surface area contributed by atoms with Crippen molar-refractivity contribution < 1.29 is 22.7 Å². The molecule has 0 fully saturated rings. The van der Waals surface area contributed by atoms with Crippen LogP contribution in [0.3, 0.4) is 0 Å². The fraction of sp³-hybridized carbons (Fsp3) is 0.278. The maximum absolute atomic E-state index is 14.6. The van der Waals surface area contributed by atoms with Crippen LogP contribution in [0.2, 0.25) is 5.02 Å². The highest BCUT2D eigenvalue weighted by atomic mass is 35.5. The second-order valence-corrected chi connectivity index (χ2v) is 13.5. The van der Waals surface area contributed by atoms with E-state index in [1.807, 2.05) is 51.1 Å². The van der Waals surface area contributed by atoms with Gasteiger partial charge in [-0.05, 0) is 75.2 Å². The van der Waals surface area contributed by atoms with E-state index in [0.717, 1.165) is 21.0 Å². The first-order valence-electron chi connectivity index (χ1n) is 15.2. The highest BCUT2D eigenvalue weighted by Crippen LogP contribution is 2.33. The van der Waals surface area contributed by atoms with Gasteiger partial charge in [-0.3, -0.25) is 13.9 Å². The zero-order chi connectivity index (χ0) is 33.3. The van der Waals surface area contributed by atoms with Gasteiger partial charge in [0.15, 0.2) is 0 Å². The third-order valence-electron chi connectivity index (χ3n) is 7.29. The number of anilines is 1. The molecule has 0 saturated carbocycles. The molecule has 4 rings (SSSR count). The maximum Gasteiger partial charge on any atom is 0.264 e. The lowest BCUT2D eigenvalue weighted by Crippen LogP contribution is -2.54. The van der Waals surface area contributed by atoms with Crippen molar-refractivity contribution in [2.45, 2.75) is 57.6 Å². The molecule has 0 radical (unpaired) electrons. The van der Waals surface area contributed by atoms with Gasteiger partial charge in [0.2, 0.25) is 11.8 Å². The normalized spacial score (nSPS) is 12.0. The first-order chi connectivity index (χ1) is 22.0. The Morgan fingerprint density at radius 3 is 2.11 bits per heavy atom. The van der Waals surface area contributed by atoms with E-state index in [1.54, 1.807) is 67.6 Å². The zero-order valence-corrected chi connectivity index (χ0v) is 28.1. The van der Waals surface area contributed by atoms with Crippen LogP contribution >= 0.6 is 11.6 Å². The second kappa shape index (κ2) is 15.8. The van der Waals surface area contributed by atoms with Crippen LogP contribution in [-0.2, 0) is 32.6 Å². The van der Waals surface area contributed by atoms with E-state index in [9.17, 15) is 18.0 Å². The Balaban J connectivity index is 1.84. The highest BCUT2D eigenvalue weighted by Gasteiger charge is 2.35. The summed E-state index contributed by atoms with van der Waals surface area (Å²) in [5.41, 5.74) is 2.70. The summed E-state index contributed by atoms with van der Waals surface area (Å²) in [5.74, 6) is -0.586. The number of rotatable bonds is 14. The molecule has 4 aromatic rings. The van der Waals surface area contributed by atoms with E-state index >= 15 is 0 Å². The van der Waals surface area contributed by atoms with Gasteiger partial charge in [-0.1, -0.05) is 83.9 Å². The highest BCUT2D eigenvalue weighted by molar-refractivity contribution is 7.92. The lowest BCUT2D eigenvalue weighted by atomic mass is 10.0. The summed E-state index contributed by atoms with van der Waals surface area (Å²) in [6.45, 7) is 7.13. The number of halogens is 1. The number of para-hydroxylation sites is 2. The minimum atomic E-state index is -4.25. The zero-order valence-electron chi connectivity index (χ0n) is 26.5. The lowest BCUT2D eigenvalue weighted by Gasteiger charge is -2.34. The Morgan fingerprint density at radius 2 is 1.48 bits per heavy atom. The standard InChI is InChI=1S/C36H40ClN3O5S/c1-5-45-34-14-10-9-13-32(34)40(46(43,44)31-21-15-27(4)16-22-31)25-35(41)39(24-29-17-19-30(37)20-18-29)33(36(42)38-26(2)3)23-28-11-7-6-8-12-28/h6-22,26,33H,5,23-25H2,1-4H3,(H,38,42). The van der Waals surface area contributed by atoms with Gasteiger partial charge in [0.05, 0.1) is 17.2 Å². The number of sulfonamides is 1. The summed E-state index contributed by atoms with van der Waals surface area (Å²) in [6.07, 6.45) is 0.221. The summed E-state index contributed by atoms with van der Waals surface area (Å²) < 4.78 is 35.5. The van der Waals surface area contributed by atoms with Crippen LogP contribution < -0.4 is 14.4 Å². The molecular formula is C36H40ClN3O5S. The second-order valence-electron chi connectivity index (χ2n) is 11.2. The molecule has 1 N–H and O–H groups in total. The van der Waals surface area contributed by atoms with E-state index in [0.29, 0.717) is 17.4 Å². The molecule has 242 valence electrons. The van der Waals surface area contributed by atoms with E-state index < -0.39 is 28.5 Å². The number of nitrogens with one attached hydrogen (secondary N) is 1. The molecule has 4 aromatic carbocycles. The summed E-state index contributed by atoms with van der Waals surface area (Å²) >= 11 is 6.15. The topological polar surface area (TPSA) is 96.0 Å². The van der Waals surface area contributed by atoms with E-state index in [1.165, 1.54) is 17.0 Å². The van der Waals surface area contributed by atoms with Crippen molar-refractivity contribution in [3.8, 4) is 5.75 Å². The van der Waals surface area contributed by atoms with Gasteiger partial charge < -0.3 is 15.0 Å². The molecule has 10 heteroatoms. The average Bonchev–Trinajstić information content (AvgIpc) is 3.03. The maximum atomic E-state index is 14.6. The third kappa shape index (κ3) is 8.89. The molecule has 0 saturated heterocycles. The predicted molar refractivity (Wildman–Crippen MR) is 183 cm³/mol. The van der Waals surface area contributed by atoms with Gasteiger partial charge in [0.1, 0.15) is 18.3 Å². The number of carbonyl (C=O) groups is 2. The van der Waals surface area contributed by atoms with Crippen molar-refractivity contribution in [2.24, 2.45) is 0 Å². The third-order valence-corrected chi connectivity index (χ3v) is 9.32. The van der Waals surface area contributed by atoms with Crippen molar-refractivity contribution in [1.82, 2.24) is 10.2 Å². The monoisotopic (exact) mass is 661 g/mol. The molecule has 2 amide bonds. The number of aryl methyl sites for hydroxylation is 1.